The van der Waals surface area contributed by atoms with E-state index in [1.54, 1.807) is 43.5 Å². The number of rotatable bonds is 5. The molecule has 154 valence electrons. The van der Waals surface area contributed by atoms with Crippen molar-refractivity contribution >= 4 is 17.5 Å². The Morgan fingerprint density at radius 3 is 2.77 bits per heavy atom. The molecular formula is C21H20FN5O3. The Morgan fingerprint density at radius 2 is 2.03 bits per heavy atom. The SMILES string of the molecule is C=C1Nc2ncnn2[C@@H](c2ccccc2F)[C@@H]1C(=O)Nc1ccc(OC)cc1OC. The van der Waals surface area contributed by atoms with Gasteiger partial charge in [-0.3, -0.25) is 4.79 Å². The van der Waals surface area contributed by atoms with Crippen LogP contribution < -0.4 is 20.1 Å². The number of hydrogen-bond donors (Lipinski definition) is 2. The number of carbonyl (C=O) groups is 1. The van der Waals surface area contributed by atoms with Gasteiger partial charge in [-0.2, -0.15) is 10.1 Å². The third-order valence-corrected chi connectivity index (χ3v) is 4.97. The van der Waals surface area contributed by atoms with Crippen LogP contribution in [-0.4, -0.2) is 34.9 Å². The Bertz CT molecular complexity index is 1110. The Morgan fingerprint density at radius 1 is 1.23 bits per heavy atom. The highest BCUT2D eigenvalue weighted by Crippen LogP contribution is 2.39. The largest absolute Gasteiger partial charge is 0.497 e. The van der Waals surface area contributed by atoms with Crippen LogP contribution in [0.2, 0.25) is 0 Å². The number of fused-ring (bicyclic) bond motifs is 1. The van der Waals surface area contributed by atoms with Crippen LogP contribution in [0.1, 0.15) is 11.6 Å². The van der Waals surface area contributed by atoms with Gasteiger partial charge in [-0.05, 0) is 18.2 Å². The topological polar surface area (TPSA) is 90.3 Å². The first-order chi connectivity index (χ1) is 14.5. The van der Waals surface area contributed by atoms with E-state index < -0.39 is 23.7 Å². The van der Waals surface area contributed by atoms with Crippen LogP contribution in [0.5, 0.6) is 11.5 Å². The molecule has 1 amide bonds. The summed E-state index contributed by atoms with van der Waals surface area (Å²) in [6.45, 7) is 3.99. The minimum absolute atomic E-state index is 0.314. The summed E-state index contributed by atoms with van der Waals surface area (Å²) >= 11 is 0. The molecule has 0 aliphatic carbocycles. The van der Waals surface area contributed by atoms with Gasteiger partial charge < -0.3 is 20.1 Å². The summed E-state index contributed by atoms with van der Waals surface area (Å²) in [4.78, 5) is 17.5. The van der Waals surface area contributed by atoms with E-state index in [4.69, 9.17) is 9.47 Å². The van der Waals surface area contributed by atoms with Crippen molar-refractivity contribution in [2.45, 2.75) is 6.04 Å². The Labute approximate surface area is 172 Å². The summed E-state index contributed by atoms with van der Waals surface area (Å²) in [7, 11) is 3.04. The average Bonchev–Trinajstić information content (AvgIpc) is 3.21. The molecule has 2 N–H and O–H groups in total. The molecular weight excluding hydrogens is 389 g/mol. The minimum atomic E-state index is -0.858. The molecule has 0 bridgehead atoms. The molecule has 4 rings (SSSR count). The van der Waals surface area contributed by atoms with Gasteiger partial charge in [-0.15, -0.1) is 0 Å². The van der Waals surface area contributed by atoms with Crippen molar-refractivity contribution in [2.24, 2.45) is 5.92 Å². The van der Waals surface area contributed by atoms with E-state index >= 15 is 0 Å². The summed E-state index contributed by atoms with van der Waals surface area (Å²) in [6, 6.07) is 10.5. The predicted octanol–water partition coefficient (Wildman–Crippen LogP) is 3.22. The van der Waals surface area contributed by atoms with Crippen molar-refractivity contribution < 1.29 is 18.7 Å². The quantitative estimate of drug-likeness (QED) is 0.673. The molecule has 1 aromatic heterocycles. The molecule has 0 fully saturated rings. The third-order valence-electron chi connectivity index (χ3n) is 4.97. The fourth-order valence-electron chi connectivity index (χ4n) is 3.54. The monoisotopic (exact) mass is 409 g/mol. The van der Waals surface area contributed by atoms with E-state index in [1.165, 1.54) is 24.2 Å². The van der Waals surface area contributed by atoms with E-state index in [1.807, 2.05) is 0 Å². The average molecular weight is 409 g/mol. The summed E-state index contributed by atoms with van der Waals surface area (Å²) in [5.41, 5.74) is 1.15. The number of amides is 1. The molecule has 8 nitrogen and oxygen atoms in total. The number of anilines is 2. The first-order valence-corrected chi connectivity index (χ1v) is 9.16. The second-order valence-electron chi connectivity index (χ2n) is 6.68. The van der Waals surface area contributed by atoms with Crippen LogP contribution in [0.3, 0.4) is 0 Å². The van der Waals surface area contributed by atoms with Gasteiger partial charge in [-0.1, -0.05) is 24.8 Å². The van der Waals surface area contributed by atoms with Crippen molar-refractivity contribution in [1.82, 2.24) is 14.8 Å². The van der Waals surface area contributed by atoms with Gasteiger partial charge >= 0.3 is 0 Å². The predicted molar refractivity (Wildman–Crippen MR) is 109 cm³/mol. The molecule has 0 saturated carbocycles. The number of methoxy groups -OCH3 is 2. The van der Waals surface area contributed by atoms with Gasteiger partial charge in [0.2, 0.25) is 11.9 Å². The van der Waals surface area contributed by atoms with Crippen molar-refractivity contribution in [2.75, 3.05) is 24.9 Å². The van der Waals surface area contributed by atoms with Crippen molar-refractivity contribution in [3.8, 4) is 11.5 Å². The molecule has 0 unspecified atom stereocenters. The second-order valence-corrected chi connectivity index (χ2v) is 6.68. The molecule has 0 saturated heterocycles. The number of hydrogen-bond acceptors (Lipinski definition) is 6. The van der Waals surface area contributed by atoms with E-state index in [0.717, 1.165) is 0 Å². The van der Waals surface area contributed by atoms with Gasteiger partial charge in [0.05, 0.1) is 19.9 Å². The number of nitrogens with one attached hydrogen (secondary N) is 2. The molecule has 2 heterocycles. The number of ether oxygens (including phenoxy) is 2. The molecule has 2 atom stereocenters. The van der Waals surface area contributed by atoms with Crippen LogP contribution >= 0.6 is 0 Å². The van der Waals surface area contributed by atoms with Crippen LogP contribution in [0.25, 0.3) is 0 Å². The van der Waals surface area contributed by atoms with Gasteiger partial charge in [-0.25, -0.2) is 9.07 Å². The molecule has 30 heavy (non-hydrogen) atoms. The maximum atomic E-state index is 14.7. The molecule has 3 aromatic rings. The number of nitrogens with zero attached hydrogens (tertiary/aromatic N) is 3. The standard InChI is InChI=1S/C21H20FN5O3/c1-12-18(20(28)26-16-9-8-13(29-2)10-17(16)30-3)19(14-6-4-5-7-15(14)22)27-21(25-12)23-11-24-27/h4-11,18-19H,1H2,2-3H3,(H,26,28)(H,23,24,25)/t18-,19+/m1/s1. The van der Waals surface area contributed by atoms with Gasteiger partial charge in [0.1, 0.15) is 35.6 Å². The lowest BCUT2D eigenvalue weighted by molar-refractivity contribution is -0.119. The summed E-state index contributed by atoms with van der Waals surface area (Å²) in [6.07, 6.45) is 1.34. The summed E-state index contributed by atoms with van der Waals surface area (Å²) in [5.74, 6) is -0.294. The smallest absolute Gasteiger partial charge is 0.236 e. The van der Waals surface area contributed by atoms with Gasteiger partial charge in [0.15, 0.2) is 0 Å². The van der Waals surface area contributed by atoms with Crippen molar-refractivity contribution in [3.05, 3.63) is 72.4 Å². The highest BCUT2D eigenvalue weighted by molar-refractivity contribution is 5.97. The molecule has 1 aliphatic rings. The third kappa shape index (κ3) is 3.34. The fourth-order valence-corrected chi connectivity index (χ4v) is 3.54. The van der Waals surface area contributed by atoms with Gasteiger partial charge in [0, 0.05) is 17.3 Å². The Hall–Kier alpha value is -3.88. The lowest BCUT2D eigenvalue weighted by Crippen LogP contribution is -2.40. The number of halogens is 1. The summed E-state index contributed by atoms with van der Waals surface area (Å²) in [5, 5.41) is 10.0. The second kappa shape index (κ2) is 7.86. The lowest BCUT2D eigenvalue weighted by Gasteiger charge is -2.34. The first kappa shape index (κ1) is 19.4. The van der Waals surface area contributed by atoms with Crippen LogP contribution in [0.15, 0.2) is 61.1 Å². The van der Waals surface area contributed by atoms with Gasteiger partial charge in [0.25, 0.3) is 0 Å². The molecule has 9 heteroatoms. The summed E-state index contributed by atoms with van der Waals surface area (Å²) < 4.78 is 26.7. The van der Waals surface area contributed by atoms with Crippen molar-refractivity contribution in [1.29, 1.82) is 0 Å². The van der Waals surface area contributed by atoms with E-state index in [2.05, 4.69) is 27.3 Å². The van der Waals surface area contributed by atoms with E-state index in [0.29, 0.717) is 34.4 Å². The normalized spacial score (nSPS) is 17.6. The van der Waals surface area contributed by atoms with Crippen LogP contribution in [0, 0.1) is 11.7 Å². The highest BCUT2D eigenvalue weighted by Gasteiger charge is 2.40. The Balaban J connectivity index is 1.74. The molecule has 0 radical (unpaired) electrons. The van der Waals surface area contributed by atoms with E-state index in [-0.39, 0.29) is 0 Å². The lowest BCUT2D eigenvalue weighted by atomic mass is 9.88. The fraction of sp³-hybridized carbons (Fsp3) is 0.190. The molecule has 1 aliphatic heterocycles. The van der Waals surface area contributed by atoms with Crippen LogP contribution in [-0.2, 0) is 4.79 Å². The maximum Gasteiger partial charge on any atom is 0.236 e. The minimum Gasteiger partial charge on any atom is -0.497 e. The molecule has 0 spiro atoms. The number of carbonyl (C=O) groups excluding carboxylic acids is 1. The Kier molecular flexibility index (Phi) is 5.09. The zero-order chi connectivity index (χ0) is 21.3. The maximum absolute atomic E-state index is 14.7. The van der Waals surface area contributed by atoms with E-state index in [9.17, 15) is 9.18 Å². The zero-order valence-electron chi connectivity index (χ0n) is 16.4. The highest BCUT2D eigenvalue weighted by atomic mass is 19.1. The van der Waals surface area contributed by atoms with Crippen molar-refractivity contribution in [3.63, 3.8) is 0 Å². The van der Waals surface area contributed by atoms with Crippen LogP contribution in [0.4, 0.5) is 16.0 Å². The zero-order valence-corrected chi connectivity index (χ0v) is 16.4. The molecule has 2 aromatic carbocycles. The first-order valence-electron chi connectivity index (χ1n) is 9.16. The number of aromatic nitrogens is 3. The number of benzene rings is 2.